The molecule has 1 amide bonds. The third-order valence-electron chi connectivity index (χ3n) is 0.980. The largest absolute Gasteiger partial charge is 0.447 e. The molecule has 0 saturated carbocycles. The topological polar surface area (TPSA) is 76.1 Å². The zero-order chi connectivity index (χ0) is 7.98. The second-order valence-corrected chi connectivity index (χ2v) is 1.94. The molecule has 0 rings (SSSR count). The highest BCUT2D eigenvalue weighted by Gasteiger charge is 2.03. The van der Waals surface area contributed by atoms with Crippen LogP contribution in [0.3, 0.4) is 0 Å². The van der Waals surface area contributed by atoms with Crippen molar-refractivity contribution in [1.29, 1.82) is 5.26 Å². The molecule has 0 saturated heterocycles. The van der Waals surface area contributed by atoms with E-state index < -0.39 is 6.09 Å². The molecule has 0 spiro atoms. The minimum atomic E-state index is -0.787. The van der Waals surface area contributed by atoms with Gasteiger partial charge in [-0.05, 0) is 13.3 Å². The lowest BCUT2D eigenvalue weighted by atomic mass is 10.2. The summed E-state index contributed by atoms with van der Waals surface area (Å²) in [5, 5.41) is 8.13. The number of primary amides is 1. The van der Waals surface area contributed by atoms with Crippen molar-refractivity contribution in [3.8, 4) is 6.07 Å². The summed E-state index contributed by atoms with van der Waals surface area (Å²) in [6.07, 6.45) is -0.115. The molecule has 0 fully saturated rings. The molecule has 0 heterocycles. The first-order chi connectivity index (χ1) is 4.66. The van der Waals surface area contributed by atoms with Gasteiger partial charge in [0.2, 0.25) is 0 Å². The van der Waals surface area contributed by atoms with E-state index in [1.807, 2.05) is 6.07 Å². The van der Waals surface area contributed by atoms with Crippen LogP contribution in [0.2, 0.25) is 0 Å². The van der Waals surface area contributed by atoms with Gasteiger partial charge < -0.3 is 10.5 Å². The van der Waals surface area contributed by atoms with Crippen molar-refractivity contribution in [3.05, 3.63) is 0 Å². The molecule has 2 N–H and O–H groups in total. The Kier molecular flexibility index (Phi) is 4.05. The van der Waals surface area contributed by atoms with Gasteiger partial charge >= 0.3 is 6.09 Å². The summed E-state index contributed by atoms with van der Waals surface area (Å²) in [5.74, 6) is 0. The number of carbonyl (C=O) groups excluding carboxylic acids is 1. The van der Waals surface area contributed by atoms with E-state index in [1.165, 1.54) is 0 Å². The standard InChI is InChI=1S/C6H10N2O2/c1-5(3-2-4-7)10-6(8)9/h5H,2-3H2,1H3,(H2,8,9)/t5-/m1/s1. The molecule has 0 aliphatic rings. The predicted molar refractivity (Wildman–Crippen MR) is 35.0 cm³/mol. The molecule has 0 bridgehead atoms. The van der Waals surface area contributed by atoms with Crippen LogP contribution in [0.5, 0.6) is 0 Å². The molecule has 0 radical (unpaired) electrons. The fraction of sp³-hybridized carbons (Fsp3) is 0.667. The van der Waals surface area contributed by atoms with Gasteiger partial charge in [-0.3, -0.25) is 0 Å². The van der Waals surface area contributed by atoms with Gasteiger partial charge in [-0.25, -0.2) is 4.79 Å². The molecule has 0 unspecified atom stereocenters. The average molecular weight is 142 g/mol. The van der Waals surface area contributed by atoms with Crippen molar-refractivity contribution in [3.63, 3.8) is 0 Å². The van der Waals surface area contributed by atoms with Gasteiger partial charge in [-0.2, -0.15) is 5.26 Å². The molecule has 4 heteroatoms. The quantitative estimate of drug-likeness (QED) is 0.632. The second-order valence-electron chi connectivity index (χ2n) is 1.94. The first kappa shape index (κ1) is 8.76. The maximum absolute atomic E-state index is 10.1. The molecule has 0 aromatic carbocycles. The third kappa shape index (κ3) is 4.91. The van der Waals surface area contributed by atoms with E-state index in [0.717, 1.165) is 0 Å². The Balaban J connectivity index is 3.36. The average Bonchev–Trinajstić information content (AvgIpc) is 1.82. The van der Waals surface area contributed by atoms with Crippen molar-refractivity contribution < 1.29 is 9.53 Å². The molecular formula is C6H10N2O2. The van der Waals surface area contributed by atoms with Gasteiger partial charge in [-0.1, -0.05) is 0 Å². The monoisotopic (exact) mass is 142 g/mol. The van der Waals surface area contributed by atoms with Crippen LogP contribution < -0.4 is 5.73 Å². The van der Waals surface area contributed by atoms with Gasteiger partial charge in [0, 0.05) is 6.42 Å². The number of amides is 1. The second kappa shape index (κ2) is 4.62. The molecule has 10 heavy (non-hydrogen) atoms. The lowest BCUT2D eigenvalue weighted by molar-refractivity contribution is 0.112. The predicted octanol–water partition coefficient (Wildman–Crippen LogP) is 0.774. The van der Waals surface area contributed by atoms with E-state index >= 15 is 0 Å². The van der Waals surface area contributed by atoms with Gasteiger partial charge in [0.25, 0.3) is 0 Å². The lowest BCUT2D eigenvalue weighted by Crippen LogP contribution is -2.19. The number of nitriles is 1. The smallest absolute Gasteiger partial charge is 0.404 e. The molecule has 0 aromatic heterocycles. The van der Waals surface area contributed by atoms with Crippen LogP contribution in [-0.4, -0.2) is 12.2 Å². The van der Waals surface area contributed by atoms with E-state index in [4.69, 9.17) is 11.0 Å². The third-order valence-corrected chi connectivity index (χ3v) is 0.980. The molecule has 56 valence electrons. The summed E-state index contributed by atoms with van der Waals surface area (Å²) in [7, 11) is 0. The van der Waals surface area contributed by atoms with Crippen molar-refractivity contribution in [2.45, 2.75) is 25.9 Å². The number of carbonyl (C=O) groups is 1. The van der Waals surface area contributed by atoms with Crippen molar-refractivity contribution in [1.82, 2.24) is 0 Å². The Morgan fingerprint density at radius 1 is 1.90 bits per heavy atom. The molecule has 0 aliphatic carbocycles. The van der Waals surface area contributed by atoms with Crippen LogP contribution in [0.4, 0.5) is 4.79 Å². The summed E-state index contributed by atoms with van der Waals surface area (Å²) >= 11 is 0. The first-order valence-corrected chi connectivity index (χ1v) is 3.00. The number of hydrogen-bond acceptors (Lipinski definition) is 3. The summed E-state index contributed by atoms with van der Waals surface area (Å²) in [6, 6.07) is 1.94. The van der Waals surface area contributed by atoms with E-state index in [1.54, 1.807) is 6.92 Å². The van der Waals surface area contributed by atoms with Crippen LogP contribution in [0.15, 0.2) is 0 Å². The van der Waals surface area contributed by atoms with Crippen molar-refractivity contribution in [2.75, 3.05) is 0 Å². The fourth-order valence-corrected chi connectivity index (χ4v) is 0.525. The van der Waals surface area contributed by atoms with E-state index in [9.17, 15) is 4.79 Å². The fourth-order valence-electron chi connectivity index (χ4n) is 0.525. The summed E-state index contributed by atoms with van der Waals surface area (Å²) in [5.41, 5.74) is 4.72. The van der Waals surface area contributed by atoms with Gasteiger partial charge in [-0.15, -0.1) is 0 Å². The van der Waals surface area contributed by atoms with Crippen LogP contribution >= 0.6 is 0 Å². The minimum absolute atomic E-state index is 0.253. The number of nitrogens with zero attached hydrogens (tertiary/aromatic N) is 1. The number of ether oxygens (including phenoxy) is 1. The van der Waals surface area contributed by atoms with Crippen LogP contribution in [0, 0.1) is 11.3 Å². The van der Waals surface area contributed by atoms with Crippen LogP contribution in [0.1, 0.15) is 19.8 Å². The Morgan fingerprint density at radius 3 is 2.90 bits per heavy atom. The minimum Gasteiger partial charge on any atom is -0.447 e. The summed E-state index contributed by atoms with van der Waals surface area (Å²) in [4.78, 5) is 10.1. The molecule has 1 atom stereocenters. The highest BCUT2D eigenvalue weighted by Crippen LogP contribution is 1.99. The molecule has 4 nitrogen and oxygen atoms in total. The van der Waals surface area contributed by atoms with Crippen molar-refractivity contribution in [2.24, 2.45) is 5.73 Å². The normalized spacial score (nSPS) is 11.6. The van der Waals surface area contributed by atoms with Crippen LogP contribution in [0.25, 0.3) is 0 Å². The van der Waals surface area contributed by atoms with E-state index in [-0.39, 0.29) is 6.10 Å². The Hall–Kier alpha value is -1.24. The lowest BCUT2D eigenvalue weighted by Gasteiger charge is -2.07. The molecule has 0 aliphatic heterocycles. The molecular weight excluding hydrogens is 132 g/mol. The zero-order valence-electron chi connectivity index (χ0n) is 5.83. The van der Waals surface area contributed by atoms with Crippen molar-refractivity contribution >= 4 is 6.09 Å². The Labute approximate surface area is 59.6 Å². The maximum atomic E-state index is 10.1. The number of rotatable bonds is 3. The van der Waals surface area contributed by atoms with Crippen LogP contribution in [-0.2, 0) is 4.74 Å². The summed E-state index contributed by atoms with van der Waals surface area (Å²) < 4.78 is 4.54. The number of hydrogen-bond donors (Lipinski definition) is 1. The maximum Gasteiger partial charge on any atom is 0.404 e. The first-order valence-electron chi connectivity index (χ1n) is 3.00. The number of nitrogens with two attached hydrogens (primary N) is 1. The van der Waals surface area contributed by atoms with Gasteiger partial charge in [0.1, 0.15) is 6.10 Å². The Bertz CT molecular complexity index is 150. The Morgan fingerprint density at radius 2 is 2.50 bits per heavy atom. The molecule has 0 aromatic rings. The van der Waals surface area contributed by atoms with E-state index in [2.05, 4.69) is 4.74 Å². The highest BCUT2D eigenvalue weighted by molar-refractivity contribution is 5.64. The highest BCUT2D eigenvalue weighted by atomic mass is 16.6. The zero-order valence-corrected chi connectivity index (χ0v) is 5.83. The van der Waals surface area contributed by atoms with Gasteiger partial charge in [0.05, 0.1) is 6.07 Å². The van der Waals surface area contributed by atoms with E-state index in [0.29, 0.717) is 12.8 Å². The van der Waals surface area contributed by atoms with Gasteiger partial charge in [0.15, 0.2) is 0 Å². The summed E-state index contributed by atoms with van der Waals surface area (Å²) in [6.45, 7) is 1.70. The SMILES string of the molecule is C[C@H](CCC#N)OC(N)=O.